The van der Waals surface area contributed by atoms with Gasteiger partial charge in [-0.15, -0.1) is 0 Å². The second-order valence-corrected chi connectivity index (χ2v) is 7.15. The molecular weight excluding hydrogens is 342 g/mol. The van der Waals surface area contributed by atoms with Gasteiger partial charge in [-0.25, -0.2) is 9.69 Å². The summed E-state index contributed by atoms with van der Waals surface area (Å²) in [6.45, 7) is 1.93. The van der Waals surface area contributed by atoms with Gasteiger partial charge in [-0.2, -0.15) is 0 Å². The fourth-order valence-electron chi connectivity index (χ4n) is 4.35. The molecule has 2 amide bonds. The quantitative estimate of drug-likeness (QED) is 0.472. The Morgan fingerprint density at radius 3 is 2.28 bits per heavy atom. The first kappa shape index (κ1) is 16.3. The van der Waals surface area contributed by atoms with Crippen molar-refractivity contribution in [2.45, 2.75) is 19.8 Å². The van der Waals surface area contributed by atoms with Gasteiger partial charge in [0.25, 0.3) is 0 Å². The second-order valence-electron chi connectivity index (χ2n) is 6.74. The highest BCUT2D eigenvalue weighted by Gasteiger charge is 2.56. The maximum absolute atomic E-state index is 13.0. The number of ether oxygens (including phenoxy) is 1. The van der Waals surface area contributed by atoms with E-state index in [1.165, 1.54) is 17.0 Å². The predicted molar refractivity (Wildman–Crippen MR) is 92.2 cm³/mol. The lowest BCUT2D eigenvalue weighted by Crippen LogP contribution is -2.38. The zero-order valence-electron chi connectivity index (χ0n) is 13.8. The van der Waals surface area contributed by atoms with Crippen LogP contribution in [-0.4, -0.2) is 24.4 Å². The minimum atomic E-state index is -0.562. The topological polar surface area (TPSA) is 63.7 Å². The van der Waals surface area contributed by atoms with Gasteiger partial charge in [0.2, 0.25) is 11.8 Å². The third-order valence-corrected chi connectivity index (χ3v) is 5.79. The van der Waals surface area contributed by atoms with Crippen molar-refractivity contribution < 1.29 is 19.1 Å². The van der Waals surface area contributed by atoms with Gasteiger partial charge in [0, 0.05) is 0 Å². The lowest BCUT2D eigenvalue weighted by atomic mass is 9.63. The Hall–Kier alpha value is -2.14. The fourth-order valence-corrected chi connectivity index (χ4v) is 4.54. The maximum Gasteiger partial charge on any atom is 0.339 e. The number of nitrogens with zero attached hydrogens (tertiary/aromatic N) is 1. The van der Waals surface area contributed by atoms with Crippen LogP contribution in [0.15, 0.2) is 30.4 Å². The zero-order chi connectivity index (χ0) is 17.7. The molecule has 0 radical (unpaired) electrons. The normalized spacial score (nSPS) is 29.9. The van der Waals surface area contributed by atoms with E-state index in [1.807, 2.05) is 0 Å². The standard InChI is InChI=1S/C19H18ClNO4/c1-2-25-19(24)13-9-12(7-8-14(13)20)21-17(22)15-10-3-4-11(6-5-10)16(15)18(21)23/h3-4,7-11,15-16H,2,5-6H2,1H3/t10-,11-,15-,16-/m0/s1. The smallest absolute Gasteiger partial charge is 0.339 e. The van der Waals surface area contributed by atoms with Gasteiger partial charge in [-0.05, 0) is 49.8 Å². The number of hydrogen-bond donors (Lipinski definition) is 0. The molecule has 0 spiro atoms. The molecule has 1 aliphatic heterocycles. The van der Waals surface area contributed by atoms with Gasteiger partial charge in [-0.3, -0.25) is 9.59 Å². The first-order valence-electron chi connectivity index (χ1n) is 8.55. The molecular formula is C19H18ClNO4. The number of imide groups is 1. The van der Waals surface area contributed by atoms with Gasteiger partial charge in [0.15, 0.2) is 0 Å². The molecule has 1 saturated heterocycles. The van der Waals surface area contributed by atoms with E-state index in [-0.39, 0.29) is 52.7 Å². The number of carbonyl (C=O) groups is 3. The number of allylic oxidation sites excluding steroid dienone is 2. The number of anilines is 1. The molecule has 5 nitrogen and oxygen atoms in total. The summed E-state index contributed by atoms with van der Waals surface area (Å²) in [5.41, 5.74) is 0.550. The molecule has 6 heteroatoms. The number of benzene rings is 1. The number of esters is 1. The third kappa shape index (κ3) is 2.41. The molecule has 0 aromatic heterocycles. The van der Waals surface area contributed by atoms with Crippen LogP contribution < -0.4 is 4.90 Å². The molecule has 1 saturated carbocycles. The van der Waals surface area contributed by atoms with Crippen LogP contribution in [0.2, 0.25) is 5.02 Å². The number of rotatable bonds is 3. The lowest BCUT2D eigenvalue weighted by molar-refractivity contribution is -0.124. The van der Waals surface area contributed by atoms with Crippen LogP contribution in [0.1, 0.15) is 30.1 Å². The molecule has 25 heavy (non-hydrogen) atoms. The van der Waals surface area contributed by atoms with E-state index < -0.39 is 5.97 Å². The molecule has 0 unspecified atom stereocenters. The first-order valence-corrected chi connectivity index (χ1v) is 8.93. The number of hydrogen-bond acceptors (Lipinski definition) is 4. The van der Waals surface area contributed by atoms with Crippen LogP contribution in [0.25, 0.3) is 0 Å². The Morgan fingerprint density at radius 1 is 1.16 bits per heavy atom. The molecule has 1 aromatic rings. The lowest BCUT2D eigenvalue weighted by Gasteiger charge is -2.38. The van der Waals surface area contributed by atoms with Gasteiger partial charge in [0.1, 0.15) is 0 Å². The Labute approximate surface area is 150 Å². The van der Waals surface area contributed by atoms with Crippen LogP contribution in [0.3, 0.4) is 0 Å². The predicted octanol–water partition coefficient (Wildman–Crippen LogP) is 3.22. The van der Waals surface area contributed by atoms with Crippen molar-refractivity contribution in [1.82, 2.24) is 0 Å². The minimum absolute atomic E-state index is 0.133. The van der Waals surface area contributed by atoms with Crippen molar-refractivity contribution in [1.29, 1.82) is 0 Å². The van der Waals surface area contributed by atoms with E-state index in [0.717, 1.165) is 12.8 Å². The minimum Gasteiger partial charge on any atom is -0.462 e. The maximum atomic E-state index is 13.0. The van der Waals surface area contributed by atoms with Gasteiger partial charge in [-0.1, -0.05) is 23.8 Å². The number of fused-ring (bicyclic) bond motifs is 1. The van der Waals surface area contributed by atoms with Crippen molar-refractivity contribution in [2.75, 3.05) is 11.5 Å². The van der Waals surface area contributed by atoms with Crippen molar-refractivity contribution in [3.05, 3.63) is 40.9 Å². The monoisotopic (exact) mass is 359 g/mol. The van der Waals surface area contributed by atoms with E-state index in [2.05, 4.69) is 12.2 Å². The number of carbonyl (C=O) groups excluding carboxylic acids is 3. The highest BCUT2D eigenvalue weighted by atomic mass is 35.5. The summed E-state index contributed by atoms with van der Waals surface area (Å²) in [6, 6.07) is 4.61. The molecule has 4 aliphatic rings. The van der Waals surface area contributed by atoms with E-state index >= 15 is 0 Å². The van der Waals surface area contributed by atoms with Gasteiger partial charge >= 0.3 is 5.97 Å². The van der Waals surface area contributed by atoms with Crippen molar-refractivity contribution >= 4 is 35.1 Å². The summed E-state index contributed by atoms with van der Waals surface area (Å²) >= 11 is 6.09. The molecule has 1 aromatic carbocycles. The SMILES string of the molecule is CCOC(=O)c1cc(N2C(=O)[C@@H]3[C@@H](C2=O)[C@H]2C=C[C@H]3CC2)ccc1Cl. The molecule has 5 rings (SSSR count). The summed E-state index contributed by atoms with van der Waals surface area (Å²) in [4.78, 5) is 39.2. The molecule has 4 atom stereocenters. The summed E-state index contributed by atoms with van der Waals surface area (Å²) in [5, 5.41) is 0.237. The Morgan fingerprint density at radius 2 is 1.76 bits per heavy atom. The third-order valence-electron chi connectivity index (χ3n) is 5.46. The van der Waals surface area contributed by atoms with E-state index in [0.29, 0.717) is 5.69 Å². The molecule has 3 aliphatic carbocycles. The average Bonchev–Trinajstić information content (AvgIpc) is 2.90. The first-order chi connectivity index (χ1) is 12.0. The van der Waals surface area contributed by atoms with Crippen LogP contribution in [0.4, 0.5) is 5.69 Å². The summed E-state index contributed by atoms with van der Waals surface area (Å²) in [5.74, 6) is -1.21. The van der Waals surface area contributed by atoms with Crippen LogP contribution in [0.5, 0.6) is 0 Å². The highest BCUT2D eigenvalue weighted by molar-refractivity contribution is 6.34. The van der Waals surface area contributed by atoms with E-state index in [4.69, 9.17) is 16.3 Å². The average molecular weight is 360 g/mol. The van der Waals surface area contributed by atoms with Crippen molar-refractivity contribution in [3.63, 3.8) is 0 Å². The van der Waals surface area contributed by atoms with Crippen LogP contribution >= 0.6 is 11.6 Å². The number of halogens is 1. The molecule has 1 heterocycles. The van der Waals surface area contributed by atoms with Gasteiger partial charge in [0.05, 0.1) is 34.7 Å². The molecule has 130 valence electrons. The molecule has 2 fully saturated rings. The van der Waals surface area contributed by atoms with E-state index in [9.17, 15) is 14.4 Å². The Bertz CT molecular complexity index is 771. The summed E-state index contributed by atoms with van der Waals surface area (Å²) in [6.07, 6.45) is 6.06. The Kier molecular flexibility index (Phi) is 3.91. The van der Waals surface area contributed by atoms with E-state index in [1.54, 1.807) is 13.0 Å². The van der Waals surface area contributed by atoms with Crippen molar-refractivity contribution in [3.8, 4) is 0 Å². The fraction of sp³-hybridized carbons (Fsp3) is 0.421. The molecule has 0 N–H and O–H groups in total. The van der Waals surface area contributed by atoms with Crippen molar-refractivity contribution in [2.24, 2.45) is 23.7 Å². The zero-order valence-corrected chi connectivity index (χ0v) is 14.5. The summed E-state index contributed by atoms with van der Waals surface area (Å²) < 4.78 is 5.00. The highest BCUT2D eigenvalue weighted by Crippen LogP contribution is 2.50. The number of amides is 2. The van der Waals surface area contributed by atoms with Crippen LogP contribution in [0, 0.1) is 23.7 Å². The Balaban J connectivity index is 1.71. The molecule has 2 bridgehead atoms. The largest absolute Gasteiger partial charge is 0.462 e. The van der Waals surface area contributed by atoms with Crippen LogP contribution in [-0.2, 0) is 14.3 Å². The summed E-state index contributed by atoms with van der Waals surface area (Å²) in [7, 11) is 0. The van der Waals surface area contributed by atoms with Gasteiger partial charge < -0.3 is 4.74 Å². The second kappa shape index (κ2) is 5.99.